The zero-order valence-corrected chi connectivity index (χ0v) is 17.1. The molecule has 0 saturated heterocycles. The first-order valence-corrected chi connectivity index (χ1v) is 10.5. The number of fused-ring (bicyclic) bond motifs is 1. The van der Waals surface area contributed by atoms with Gasteiger partial charge in [0.25, 0.3) is 11.1 Å². The van der Waals surface area contributed by atoms with Crippen LogP contribution >= 0.6 is 11.8 Å². The molecule has 0 saturated carbocycles. The normalized spacial score (nSPS) is 12.6. The molecule has 4 aromatic rings. The lowest BCUT2D eigenvalue weighted by molar-refractivity contribution is 0.125. The number of ether oxygens (including phenoxy) is 1. The molecule has 2 N–H and O–H groups in total. The summed E-state index contributed by atoms with van der Waals surface area (Å²) < 4.78 is 11.6. The van der Waals surface area contributed by atoms with E-state index in [1.54, 1.807) is 0 Å². The van der Waals surface area contributed by atoms with Crippen molar-refractivity contribution in [3.05, 3.63) is 60.3 Å². The van der Waals surface area contributed by atoms with E-state index < -0.39 is 6.10 Å². The Bertz CT molecular complexity index is 1090. The van der Waals surface area contributed by atoms with Crippen LogP contribution in [-0.4, -0.2) is 38.8 Å². The number of H-pyrrole nitrogens is 1. The van der Waals surface area contributed by atoms with Crippen molar-refractivity contribution in [2.24, 2.45) is 0 Å². The van der Waals surface area contributed by atoms with Gasteiger partial charge in [0, 0.05) is 22.9 Å². The minimum atomic E-state index is -0.649. The fraction of sp³-hybridized carbons (Fsp3) is 0.273. The second kappa shape index (κ2) is 8.71. The van der Waals surface area contributed by atoms with Crippen LogP contribution in [0.25, 0.3) is 22.4 Å². The molecule has 0 aliphatic rings. The summed E-state index contributed by atoms with van der Waals surface area (Å²) in [5, 5.41) is 20.0. The summed E-state index contributed by atoms with van der Waals surface area (Å²) in [6.07, 6.45) is 1.21. The number of hydrogen-bond acceptors (Lipinski definition) is 6. The minimum Gasteiger partial charge on any atom is -0.491 e. The fourth-order valence-corrected chi connectivity index (χ4v) is 3.78. The average Bonchev–Trinajstić information content (AvgIpc) is 3.37. The molecule has 29 heavy (non-hydrogen) atoms. The molecule has 0 aliphatic heterocycles. The van der Waals surface area contributed by atoms with Gasteiger partial charge in [-0.3, -0.25) is 0 Å². The van der Waals surface area contributed by atoms with E-state index in [2.05, 4.69) is 29.0 Å². The third-order valence-electron chi connectivity index (χ3n) is 4.60. The van der Waals surface area contributed by atoms with Crippen molar-refractivity contribution in [3.8, 4) is 17.2 Å². The third kappa shape index (κ3) is 4.46. The molecule has 1 atom stereocenters. The van der Waals surface area contributed by atoms with Crippen LogP contribution in [0.2, 0.25) is 0 Å². The monoisotopic (exact) mass is 409 g/mol. The van der Waals surface area contributed by atoms with Crippen LogP contribution < -0.4 is 4.74 Å². The van der Waals surface area contributed by atoms with E-state index in [1.165, 1.54) is 11.8 Å². The predicted octanol–water partition coefficient (Wildman–Crippen LogP) is 4.87. The van der Waals surface area contributed by atoms with Crippen molar-refractivity contribution in [1.29, 1.82) is 0 Å². The van der Waals surface area contributed by atoms with Gasteiger partial charge in [-0.1, -0.05) is 62.0 Å². The molecule has 7 heteroatoms. The number of rotatable bonds is 8. The Morgan fingerprint density at radius 3 is 2.76 bits per heavy atom. The summed E-state index contributed by atoms with van der Waals surface area (Å²) in [5.41, 5.74) is 3.02. The van der Waals surface area contributed by atoms with Crippen molar-refractivity contribution in [2.75, 3.05) is 12.4 Å². The summed E-state index contributed by atoms with van der Waals surface area (Å²) in [6.45, 7) is 4.45. The van der Waals surface area contributed by atoms with Gasteiger partial charge in [-0.05, 0) is 23.6 Å². The number of benzene rings is 2. The molecule has 0 aliphatic carbocycles. The van der Waals surface area contributed by atoms with Gasteiger partial charge < -0.3 is 19.2 Å². The minimum absolute atomic E-state index is 0.209. The van der Waals surface area contributed by atoms with Crippen molar-refractivity contribution in [1.82, 2.24) is 15.2 Å². The van der Waals surface area contributed by atoms with Gasteiger partial charge in [0.15, 0.2) is 0 Å². The summed E-state index contributed by atoms with van der Waals surface area (Å²) >= 11 is 1.32. The Hall–Kier alpha value is -2.77. The quantitative estimate of drug-likeness (QED) is 0.404. The van der Waals surface area contributed by atoms with Crippen LogP contribution in [0.15, 0.2) is 64.4 Å². The van der Waals surface area contributed by atoms with Crippen molar-refractivity contribution in [3.63, 3.8) is 0 Å². The summed E-state index contributed by atoms with van der Waals surface area (Å²) in [7, 11) is 0. The van der Waals surface area contributed by atoms with Crippen molar-refractivity contribution >= 4 is 22.7 Å². The molecule has 0 radical (unpaired) electrons. The van der Waals surface area contributed by atoms with Crippen LogP contribution in [0.5, 0.6) is 5.75 Å². The van der Waals surface area contributed by atoms with Gasteiger partial charge in [0.2, 0.25) is 0 Å². The highest BCUT2D eigenvalue weighted by Crippen LogP contribution is 2.30. The first-order chi connectivity index (χ1) is 14.1. The highest BCUT2D eigenvalue weighted by molar-refractivity contribution is 7.99. The third-order valence-corrected chi connectivity index (χ3v) is 5.56. The smallest absolute Gasteiger partial charge is 0.276 e. The highest BCUT2D eigenvalue weighted by atomic mass is 32.2. The molecule has 0 spiro atoms. The predicted molar refractivity (Wildman–Crippen MR) is 114 cm³/mol. The molecule has 0 fully saturated rings. The van der Waals surface area contributed by atoms with E-state index in [1.807, 2.05) is 54.7 Å². The molecule has 4 rings (SSSR count). The van der Waals surface area contributed by atoms with Gasteiger partial charge in [0.05, 0.1) is 11.7 Å². The molecule has 2 heterocycles. The van der Waals surface area contributed by atoms with E-state index in [4.69, 9.17) is 9.15 Å². The van der Waals surface area contributed by atoms with E-state index in [0.29, 0.717) is 22.8 Å². The fourth-order valence-electron chi connectivity index (χ4n) is 3.12. The Morgan fingerprint density at radius 2 is 1.90 bits per heavy atom. The van der Waals surface area contributed by atoms with Gasteiger partial charge in [0.1, 0.15) is 12.4 Å². The van der Waals surface area contributed by atoms with Gasteiger partial charge in [-0.15, -0.1) is 10.2 Å². The Kier molecular flexibility index (Phi) is 5.87. The molecule has 6 nitrogen and oxygen atoms in total. The maximum absolute atomic E-state index is 10.3. The average molecular weight is 410 g/mol. The van der Waals surface area contributed by atoms with Crippen LogP contribution in [0.3, 0.4) is 0 Å². The van der Waals surface area contributed by atoms with E-state index in [9.17, 15) is 5.11 Å². The van der Waals surface area contributed by atoms with Crippen LogP contribution in [0.1, 0.15) is 25.3 Å². The first-order valence-electron chi connectivity index (χ1n) is 9.54. The zero-order chi connectivity index (χ0) is 20.2. The van der Waals surface area contributed by atoms with Crippen LogP contribution in [-0.2, 0) is 0 Å². The number of hydrogen-bond donors (Lipinski definition) is 2. The van der Waals surface area contributed by atoms with Gasteiger partial charge >= 0.3 is 0 Å². The van der Waals surface area contributed by atoms with Crippen molar-refractivity contribution < 1.29 is 14.3 Å². The molecular formula is C22H23N3O3S. The summed E-state index contributed by atoms with van der Waals surface area (Å²) in [6, 6.07) is 15.9. The van der Waals surface area contributed by atoms with E-state index >= 15 is 0 Å². The van der Waals surface area contributed by atoms with Crippen molar-refractivity contribution in [2.45, 2.75) is 31.1 Å². The highest BCUT2D eigenvalue weighted by Gasteiger charge is 2.15. The van der Waals surface area contributed by atoms with Crippen LogP contribution in [0.4, 0.5) is 0 Å². The Balaban J connectivity index is 1.34. The number of nitrogens with zero attached hydrogens (tertiary/aromatic N) is 2. The number of aromatic nitrogens is 3. The number of aromatic amines is 1. The lowest BCUT2D eigenvalue weighted by Crippen LogP contribution is -2.20. The summed E-state index contributed by atoms with van der Waals surface area (Å²) in [5.74, 6) is 2.03. The van der Waals surface area contributed by atoms with Gasteiger partial charge in [-0.2, -0.15) is 0 Å². The molecule has 0 unspecified atom stereocenters. The second-order valence-electron chi connectivity index (χ2n) is 7.09. The topological polar surface area (TPSA) is 84.2 Å². The SMILES string of the molecule is CC(C)c1ccccc1OC[C@H](O)CSc1nnc(-c2c[nH]c3ccccc23)o1. The van der Waals surface area contributed by atoms with Gasteiger partial charge in [-0.25, -0.2) is 0 Å². The maximum atomic E-state index is 10.3. The number of thioether (sulfide) groups is 1. The van der Waals surface area contributed by atoms with E-state index in [0.717, 1.165) is 27.8 Å². The molecular weight excluding hydrogens is 386 g/mol. The van der Waals surface area contributed by atoms with Crippen LogP contribution in [0, 0.1) is 0 Å². The Labute approximate surface area is 173 Å². The lowest BCUT2D eigenvalue weighted by Gasteiger charge is -2.16. The first kappa shape index (κ1) is 19.5. The molecule has 2 aromatic heterocycles. The number of nitrogens with one attached hydrogen (secondary N) is 1. The lowest BCUT2D eigenvalue weighted by atomic mass is 10.0. The number of aliphatic hydroxyl groups is 1. The molecule has 0 amide bonds. The largest absolute Gasteiger partial charge is 0.491 e. The molecule has 0 bridgehead atoms. The molecule has 150 valence electrons. The number of para-hydroxylation sites is 2. The van der Waals surface area contributed by atoms with E-state index in [-0.39, 0.29) is 6.61 Å². The second-order valence-corrected chi connectivity index (χ2v) is 8.06. The number of aliphatic hydroxyl groups excluding tert-OH is 1. The Morgan fingerprint density at radius 1 is 1.10 bits per heavy atom. The standard InChI is InChI=1S/C22H23N3O3S/c1-14(2)16-7-4-6-10-20(16)27-12-15(26)13-29-22-25-24-21(28-22)18-11-23-19-9-5-3-8-17(18)19/h3-11,14-15,23,26H,12-13H2,1-2H3/t15-/m0/s1. The maximum Gasteiger partial charge on any atom is 0.276 e. The summed E-state index contributed by atoms with van der Waals surface area (Å²) in [4.78, 5) is 3.20. The molecule has 2 aromatic carbocycles. The zero-order valence-electron chi connectivity index (χ0n) is 16.3.